The molecular weight excluding hydrogens is 290 g/mol. The van der Waals surface area contributed by atoms with Gasteiger partial charge < -0.3 is 14.6 Å². The summed E-state index contributed by atoms with van der Waals surface area (Å²) in [5.41, 5.74) is 1.64. The van der Waals surface area contributed by atoms with Crippen LogP contribution in [0.1, 0.15) is 48.7 Å². The summed E-state index contributed by atoms with van der Waals surface area (Å²) in [7, 11) is 0. The van der Waals surface area contributed by atoms with Crippen molar-refractivity contribution in [1.29, 1.82) is 0 Å². The van der Waals surface area contributed by atoms with E-state index in [0.717, 1.165) is 24.4 Å². The van der Waals surface area contributed by atoms with Crippen molar-refractivity contribution in [3.05, 3.63) is 48.2 Å². The van der Waals surface area contributed by atoms with Crippen molar-refractivity contribution in [3.63, 3.8) is 0 Å². The van der Waals surface area contributed by atoms with Gasteiger partial charge in [0.05, 0.1) is 30.3 Å². The molecule has 122 valence electrons. The second kappa shape index (κ2) is 7.31. The van der Waals surface area contributed by atoms with Gasteiger partial charge in [-0.2, -0.15) is 0 Å². The molecule has 0 bridgehead atoms. The number of pyridine rings is 1. The molecule has 3 heterocycles. The zero-order valence-corrected chi connectivity index (χ0v) is 13.5. The number of furan rings is 1. The molecule has 0 aliphatic carbocycles. The van der Waals surface area contributed by atoms with E-state index in [1.807, 2.05) is 24.4 Å². The van der Waals surface area contributed by atoms with Gasteiger partial charge in [-0.1, -0.05) is 6.92 Å². The summed E-state index contributed by atoms with van der Waals surface area (Å²) >= 11 is 0. The lowest BCUT2D eigenvalue weighted by Gasteiger charge is -2.37. The standard InChI is InChI=1S/C18H23N3O2/c1-2-15-6-3-4-8-21(15)16-10-14(11-19-12-16)18(22)20-13-17-7-5-9-23-17/h5,7,9-12,15H,2-4,6,8,13H2,1H3,(H,20,22). The van der Waals surface area contributed by atoms with Crippen LogP contribution in [0.25, 0.3) is 0 Å². The number of aromatic nitrogens is 1. The summed E-state index contributed by atoms with van der Waals surface area (Å²) in [5, 5.41) is 2.87. The van der Waals surface area contributed by atoms with Gasteiger partial charge >= 0.3 is 0 Å². The van der Waals surface area contributed by atoms with E-state index in [9.17, 15) is 4.79 Å². The number of nitrogens with one attached hydrogen (secondary N) is 1. The Kier molecular flexibility index (Phi) is 4.95. The molecule has 2 aromatic heterocycles. The molecule has 3 rings (SSSR count). The van der Waals surface area contributed by atoms with Crippen LogP contribution >= 0.6 is 0 Å². The lowest BCUT2D eigenvalue weighted by atomic mass is 9.99. The van der Waals surface area contributed by atoms with Crippen molar-refractivity contribution in [3.8, 4) is 0 Å². The average molecular weight is 313 g/mol. The molecule has 1 aliphatic heterocycles. The van der Waals surface area contributed by atoms with E-state index >= 15 is 0 Å². The highest BCUT2D eigenvalue weighted by Gasteiger charge is 2.22. The largest absolute Gasteiger partial charge is 0.467 e. The van der Waals surface area contributed by atoms with Gasteiger partial charge in [-0.25, -0.2) is 0 Å². The van der Waals surface area contributed by atoms with E-state index in [2.05, 4.69) is 22.1 Å². The fourth-order valence-electron chi connectivity index (χ4n) is 3.16. The van der Waals surface area contributed by atoms with E-state index in [0.29, 0.717) is 18.2 Å². The molecule has 2 aromatic rings. The van der Waals surface area contributed by atoms with Crippen molar-refractivity contribution < 1.29 is 9.21 Å². The minimum Gasteiger partial charge on any atom is -0.467 e. The van der Waals surface area contributed by atoms with Crippen LogP contribution in [-0.2, 0) is 6.54 Å². The number of nitrogens with zero attached hydrogens (tertiary/aromatic N) is 2. The van der Waals surface area contributed by atoms with Gasteiger partial charge in [0.15, 0.2) is 0 Å². The van der Waals surface area contributed by atoms with Crippen LogP contribution in [0.3, 0.4) is 0 Å². The van der Waals surface area contributed by atoms with Gasteiger partial charge in [-0.15, -0.1) is 0 Å². The molecule has 0 radical (unpaired) electrons. The summed E-state index contributed by atoms with van der Waals surface area (Å²) in [6.07, 6.45) is 9.89. The van der Waals surface area contributed by atoms with Crippen LogP contribution in [0.5, 0.6) is 0 Å². The average Bonchev–Trinajstić information content (AvgIpc) is 3.13. The third-order valence-corrected chi connectivity index (χ3v) is 4.42. The lowest BCUT2D eigenvalue weighted by molar-refractivity contribution is 0.0947. The lowest BCUT2D eigenvalue weighted by Crippen LogP contribution is -2.39. The number of rotatable bonds is 5. The third kappa shape index (κ3) is 3.73. The normalized spacial score (nSPS) is 18.0. The van der Waals surface area contributed by atoms with Gasteiger partial charge in [-0.3, -0.25) is 9.78 Å². The van der Waals surface area contributed by atoms with E-state index in [1.54, 1.807) is 12.5 Å². The van der Waals surface area contributed by atoms with Crippen molar-refractivity contribution >= 4 is 11.6 Å². The summed E-state index contributed by atoms with van der Waals surface area (Å²) < 4.78 is 5.23. The second-order valence-corrected chi connectivity index (χ2v) is 5.95. The molecular formula is C18H23N3O2. The Balaban J connectivity index is 1.70. The fraction of sp³-hybridized carbons (Fsp3) is 0.444. The van der Waals surface area contributed by atoms with E-state index in [-0.39, 0.29) is 5.91 Å². The van der Waals surface area contributed by atoms with Gasteiger partial charge in [0.1, 0.15) is 5.76 Å². The van der Waals surface area contributed by atoms with E-state index in [4.69, 9.17) is 4.42 Å². The summed E-state index contributed by atoms with van der Waals surface area (Å²) in [6.45, 7) is 3.64. The molecule has 23 heavy (non-hydrogen) atoms. The molecule has 1 saturated heterocycles. The number of piperidine rings is 1. The predicted octanol–water partition coefficient (Wildman–Crippen LogP) is 3.37. The number of hydrogen-bond acceptors (Lipinski definition) is 4. The number of hydrogen-bond donors (Lipinski definition) is 1. The second-order valence-electron chi connectivity index (χ2n) is 5.95. The molecule has 1 fully saturated rings. The first-order valence-corrected chi connectivity index (χ1v) is 8.30. The molecule has 0 saturated carbocycles. The number of anilines is 1. The molecule has 5 heteroatoms. The first kappa shape index (κ1) is 15.6. The van der Waals surface area contributed by atoms with Crippen molar-refractivity contribution in [2.75, 3.05) is 11.4 Å². The molecule has 0 spiro atoms. The van der Waals surface area contributed by atoms with Crippen molar-refractivity contribution in [2.45, 2.75) is 45.2 Å². The highest BCUT2D eigenvalue weighted by atomic mass is 16.3. The van der Waals surface area contributed by atoms with E-state index < -0.39 is 0 Å². The Morgan fingerprint density at radius 3 is 3.13 bits per heavy atom. The topological polar surface area (TPSA) is 58.4 Å². The first-order valence-electron chi connectivity index (χ1n) is 8.30. The number of amides is 1. The van der Waals surface area contributed by atoms with E-state index in [1.165, 1.54) is 19.3 Å². The van der Waals surface area contributed by atoms with Gasteiger partial charge in [0, 0.05) is 18.8 Å². The quantitative estimate of drug-likeness (QED) is 0.919. The van der Waals surface area contributed by atoms with Gasteiger partial charge in [0.2, 0.25) is 0 Å². The van der Waals surface area contributed by atoms with Gasteiger partial charge in [-0.05, 0) is 43.9 Å². The van der Waals surface area contributed by atoms with Crippen molar-refractivity contribution in [1.82, 2.24) is 10.3 Å². The molecule has 1 amide bonds. The Morgan fingerprint density at radius 2 is 2.35 bits per heavy atom. The van der Waals surface area contributed by atoms with Crippen LogP contribution in [0.15, 0.2) is 41.3 Å². The Labute approximate surface area is 136 Å². The number of carbonyl (C=O) groups excluding carboxylic acids is 1. The molecule has 1 unspecified atom stereocenters. The van der Waals surface area contributed by atoms with Crippen LogP contribution in [0, 0.1) is 0 Å². The monoisotopic (exact) mass is 313 g/mol. The minimum atomic E-state index is -0.124. The van der Waals surface area contributed by atoms with Crippen LogP contribution < -0.4 is 10.2 Å². The fourth-order valence-corrected chi connectivity index (χ4v) is 3.16. The third-order valence-electron chi connectivity index (χ3n) is 4.42. The Morgan fingerprint density at radius 1 is 1.43 bits per heavy atom. The zero-order valence-electron chi connectivity index (χ0n) is 13.5. The van der Waals surface area contributed by atoms with Crippen LogP contribution in [-0.4, -0.2) is 23.5 Å². The van der Waals surface area contributed by atoms with Crippen LogP contribution in [0.4, 0.5) is 5.69 Å². The molecule has 1 N–H and O–H groups in total. The van der Waals surface area contributed by atoms with Crippen LogP contribution in [0.2, 0.25) is 0 Å². The molecule has 0 aromatic carbocycles. The Hall–Kier alpha value is -2.30. The maximum atomic E-state index is 12.3. The minimum absolute atomic E-state index is 0.124. The molecule has 1 atom stereocenters. The van der Waals surface area contributed by atoms with Crippen molar-refractivity contribution in [2.24, 2.45) is 0 Å². The summed E-state index contributed by atoms with van der Waals surface area (Å²) in [4.78, 5) is 19.0. The summed E-state index contributed by atoms with van der Waals surface area (Å²) in [5.74, 6) is 0.616. The first-order chi connectivity index (χ1) is 11.3. The number of carbonyl (C=O) groups is 1. The van der Waals surface area contributed by atoms with Gasteiger partial charge in [0.25, 0.3) is 5.91 Å². The maximum absolute atomic E-state index is 12.3. The smallest absolute Gasteiger partial charge is 0.253 e. The highest BCUT2D eigenvalue weighted by Crippen LogP contribution is 2.26. The highest BCUT2D eigenvalue weighted by molar-refractivity contribution is 5.94. The molecule has 1 aliphatic rings. The Bertz CT molecular complexity index is 639. The maximum Gasteiger partial charge on any atom is 0.253 e. The zero-order chi connectivity index (χ0) is 16.1. The summed E-state index contributed by atoms with van der Waals surface area (Å²) in [6, 6.07) is 6.14. The molecule has 5 nitrogen and oxygen atoms in total. The SMILES string of the molecule is CCC1CCCCN1c1cncc(C(=O)NCc2ccco2)c1. The predicted molar refractivity (Wildman–Crippen MR) is 89.4 cm³/mol.